The number of benzene rings is 1. The lowest BCUT2D eigenvalue weighted by Gasteiger charge is -2.25. The molecule has 2 heterocycles. The van der Waals surface area contributed by atoms with Crippen LogP contribution in [0.25, 0.3) is 0 Å². The van der Waals surface area contributed by atoms with Gasteiger partial charge in [-0.1, -0.05) is 30.3 Å². The Morgan fingerprint density at radius 2 is 1.81 bits per heavy atom. The number of rotatable bonds is 4. The topological polar surface area (TPSA) is 32.8 Å². The monoisotopic (exact) mass is 288 g/mol. The van der Waals surface area contributed by atoms with E-state index in [1.165, 1.54) is 12.7 Å². The van der Waals surface area contributed by atoms with Gasteiger partial charge in [0.25, 0.3) is 0 Å². The van der Waals surface area contributed by atoms with Crippen molar-refractivity contribution in [2.24, 2.45) is 11.8 Å². The van der Waals surface area contributed by atoms with E-state index in [4.69, 9.17) is 4.74 Å². The highest BCUT2D eigenvalue weighted by atomic mass is 16.5. The Morgan fingerprint density at radius 1 is 1.19 bits per heavy atom. The quantitative estimate of drug-likeness (QED) is 0.788. The molecule has 0 unspecified atom stereocenters. The van der Waals surface area contributed by atoms with Crippen molar-refractivity contribution in [1.29, 1.82) is 0 Å². The summed E-state index contributed by atoms with van der Waals surface area (Å²) in [7, 11) is 1.47. The van der Waals surface area contributed by atoms with E-state index in [-0.39, 0.29) is 12.0 Å². The zero-order valence-electron chi connectivity index (χ0n) is 12.9. The lowest BCUT2D eigenvalue weighted by molar-refractivity contribution is -0.146. The second-order valence-corrected chi connectivity index (χ2v) is 6.35. The minimum Gasteiger partial charge on any atom is -0.468 e. The molecular formula is C17H24N2O2. The number of hydrogen-bond donors (Lipinski definition) is 0. The van der Waals surface area contributed by atoms with Gasteiger partial charge in [0.15, 0.2) is 0 Å². The first-order chi connectivity index (χ1) is 10.2. The lowest BCUT2D eigenvalue weighted by Crippen LogP contribution is -2.40. The molecule has 0 aromatic heterocycles. The Morgan fingerprint density at radius 3 is 2.38 bits per heavy atom. The SMILES string of the molecule is COC(=O)[C@@H](C)N1C[C@H]2CN(Cc3ccccc3)C[C@H]2C1. The summed E-state index contributed by atoms with van der Waals surface area (Å²) in [5.74, 6) is 1.28. The Kier molecular flexibility index (Phi) is 4.27. The van der Waals surface area contributed by atoms with E-state index < -0.39 is 0 Å². The molecule has 114 valence electrons. The highest BCUT2D eigenvalue weighted by Crippen LogP contribution is 2.32. The Labute approximate surface area is 126 Å². The summed E-state index contributed by atoms with van der Waals surface area (Å²) in [5.41, 5.74) is 1.39. The van der Waals surface area contributed by atoms with Crippen molar-refractivity contribution in [3.8, 4) is 0 Å². The zero-order valence-corrected chi connectivity index (χ0v) is 12.9. The molecule has 1 aromatic carbocycles. The molecular weight excluding hydrogens is 264 g/mol. The number of fused-ring (bicyclic) bond motifs is 1. The number of likely N-dealkylation sites (tertiary alicyclic amines) is 2. The third-order valence-electron chi connectivity index (χ3n) is 4.93. The maximum atomic E-state index is 11.6. The van der Waals surface area contributed by atoms with Gasteiger partial charge in [0, 0.05) is 32.7 Å². The fourth-order valence-electron chi connectivity index (χ4n) is 3.73. The van der Waals surface area contributed by atoms with Gasteiger partial charge in [0.05, 0.1) is 7.11 Å². The average Bonchev–Trinajstić information content (AvgIpc) is 3.05. The molecule has 21 heavy (non-hydrogen) atoms. The molecule has 0 radical (unpaired) electrons. The zero-order chi connectivity index (χ0) is 14.8. The van der Waals surface area contributed by atoms with Gasteiger partial charge in [-0.05, 0) is 24.3 Å². The maximum absolute atomic E-state index is 11.6. The first kappa shape index (κ1) is 14.5. The van der Waals surface area contributed by atoms with Crippen LogP contribution in [0.3, 0.4) is 0 Å². The fourth-order valence-corrected chi connectivity index (χ4v) is 3.73. The van der Waals surface area contributed by atoms with Crippen molar-refractivity contribution in [1.82, 2.24) is 9.80 Å². The van der Waals surface area contributed by atoms with Crippen LogP contribution in [0.4, 0.5) is 0 Å². The fraction of sp³-hybridized carbons (Fsp3) is 0.588. The van der Waals surface area contributed by atoms with Gasteiger partial charge in [0.1, 0.15) is 6.04 Å². The summed E-state index contributed by atoms with van der Waals surface area (Å²) in [6.45, 7) is 7.32. The van der Waals surface area contributed by atoms with Crippen LogP contribution in [-0.2, 0) is 16.1 Å². The van der Waals surface area contributed by atoms with Crippen LogP contribution < -0.4 is 0 Å². The molecule has 3 atom stereocenters. The number of nitrogens with zero attached hydrogens (tertiary/aromatic N) is 2. The van der Waals surface area contributed by atoms with E-state index >= 15 is 0 Å². The van der Waals surface area contributed by atoms with E-state index in [2.05, 4.69) is 40.1 Å². The smallest absolute Gasteiger partial charge is 0.322 e. The molecule has 3 rings (SSSR count). The summed E-state index contributed by atoms with van der Waals surface area (Å²) < 4.78 is 4.86. The molecule has 0 bridgehead atoms. The molecule has 0 saturated carbocycles. The summed E-state index contributed by atoms with van der Waals surface area (Å²) in [4.78, 5) is 16.5. The minimum absolute atomic E-state index is 0.108. The molecule has 2 fully saturated rings. The maximum Gasteiger partial charge on any atom is 0.322 e. The van der Waals surface area contributed by atoms with Crippen molar-refractivity contribution in [3.63, 3.8) is 0 Å². The number of hydrogen-bond acceptors (Lipinski definition) is 4. The van der Waals surface area contributed by atoms with Crippen LogP contribution in [-0.4, -0.2) is 55.1 Å². The van der Waals surface area contributed by atoms with Crippen LogP contribution in [0.15, 0.2) is 30.3 Å². The van der Waals surface area contributed by atoms with Crippen molar-refractivity contribution < 1.29 is 9.53 Å². The number of methoxy groups -OCH3 is 1. The van der Waals surface area contributed by atoms with Gasteiger partial charge in [-0.25, -0.2) is 0 Å². The van der Waals surface area contributed by atoms with E-state index in [1.54, 1.807) is 0 Å². The first-order valence-electron chi connectivity index (χ1n) is 7.75. The van der Waals surface area contributed by atoms with Gasteiger partial charge in [-0.3, -0.25) is 14.6 Å². The Hall–Kier alpha value is -1.39. The Bertz CT molecular complexity index is 477. The molecule has 0 N–H and O–H groups in total. The highest BCUT2D eigenvalue weighted by molar-refractivity contribution is 5.75. The van der Waals surface area contributed by atoms with E-state index in [0.717, 1.165) is 32.7 Å². The summed E-state index contributed by atoms with van der Waals surface area (Å²) >= 11 is 0. The van der Waals surface area contributed by atoms with Gasteiger partial charge >= 0.3 is 5.97 Å². The summed E-state index contributed by atoms with van der Waals surface area (Å²) in [6.07, 6.45) is 0. The van der Waals surface area contributed by atoms with E-state index in [0.29, 0.717) is 11.8 Å². The van der Waals surface area contributed by atoms with Crippen LogP contribution in [0.2, 0.25) is 0 Å². The third-order valence-corrected chi connectivity index (χ3v) is 4.93. The van der Waals surface area contributed by atoms with E-state index in [9.17, 15) is 4.79 Å². The third kappa shape index (κ3) is 3.11. The highest BCUT2D eigenvalue weighted by Gasteiger charge is 2.42. The number of carbonyl (C=O) groups is 1. The van der Waals surface area contributed by atoms with Crippen LogP contribution >= 0.6 is 0 Å². The standard InChI is InChI=1S/C17H24N2O2/c1-13(17(20)21-2)19-11-15-9-18(10-16(15)12-19)8-14-6-4-3-5-7-14/h3-7,13,15-16H,8-12H2,1-2H3/t13-,15-,16+/m1/s1. The van der Waals surface area contributed by atoms with Crippen LogP contribution in [0.5, 0.6) is 0 Å². The van der Waals surface area contributed by atoms with Gasteiger partial charge in [0.2, 0.25) is 0 Å². The van der Waals surface area contributed by atoms with Gasteiger partial charge in [-0.15, -0.1) is 0 Å². The lowest BCUT2D eigenvalue weighted by atomic mass is 10.0. The molecule has 0 aliphatic carbocycles. The van der Waals surface area contributed by atoms with E-state index in [1.807, 2.05) is 6.92 Å². The average molecular weight is 288 g/mol. The second kappa shape index (κ2) is 6.16. The van der Waals surface area contributed by atoms with Crippen molar-refractivity contribution in [2.75, 3.05) is 33.3 Å². The predicted octanol–water partition coefficient (Wildman–Crippen LogP) is 1.61. The summed E-state index contributed by atoms with van der Waals surface area (Å²) in [6, 6.07) is 10.6. The molecule has 1 aromatic rings. The molecule has 2 saturated heterocycles. The molecule has 2 aliphatic rings. The molecule has 0 spiro atoms. The minimum atomic E-state index is -0.115. The number of carbonyl (C=O) groups excluding carboxylic acids is 1. The predicted molar refractivity (Wildman–Crippen MR) is 81.8 cm³/mol. The summed E-state index contributed by atoms with van der Waals surface area (Å²) in [5, 5.41) is 0. The molecule has 4 nitrogen and oxygen atoms in total. The van der Waals surface area contributed by atoms with Gasteiger partial charge < -0.3 is 4.74 Å². The molecule has 0 amide bonds. The molecule has 4 heteroatoms. The molecule has 2 aliphatic heterocycles. The number of ether oxygens (including phenoxy) is 1. The largest absolute Gasteiger partial charge is 0.468 e. The van der Waals surface area contributed by atoms with Gasteiger partial charge in [-0.2, -0.15) is 0 Å². The van der Waals surface area contributed by atoms with Crippen molar-refractivity contribution >= 4 is 5.97 Å². The number of esters is 1. The second-order valence-electron chi connectivity index (χ2n) is 6.35. The Balaban J connectivity index is 1.53. The normalized spacial score (nSPS) is 27.5. The van der Waals surface area contributed by atoms with Crippen LogP contribution in [0, 0.1) is 11.8 Å². The van der Waals surface area contributed by atoms with Crippen molar-refractivity contribution in [2.45, 2.75) is 19.5 Å². The van der Waals surface area contributed by atoms with Crippen molar-refractivity contribution in [3.05, 3.63) is 35.9 Å². The van der Waals surface area contributed by atoms with Crippen LogP contribution in [0.1, 0.15) is 12.5 Å². The first-order valence-corrected chi connectivity index (χ1v) is 7.75.